The Kier molecular flexibility index (Phi) is 6.74. The summed E-state index contributed by atoms with van der Waals surface area (Å²) in [4.78, 5) is 4.67. The van der Waals surface area contributed by atoms with Gasteiger partial charge >= 0.3 is 17.1 Å². The number of hydrogen-bond donors (Lipinski definition) is 3. The predicted molar refractivity (Wildman–Crippen MR) is 70.8 cm³/mol. The average Bonchev–Trinajstić information content (AvgIpc) is 2.28. The van der Waals surface area contributed by atoms with Gasteiger partial charge in [0.2, 0.25) is 0 Å². The molecule has 0 bridgehead atoms. The van der Waals surface area contributed by atoms with Crippen LogP contribution in [0.2, 0.25) is 25.7 Å². The van der Waals surface area contributed by atoms with Gasteiger partial charge < -0.3 is 24.4 Å². The van der Waals surface area contributed by atoms with Crippen molar-refractivity contribution >= 4 is 17.1 Å². The minimum atomic E-state index is -2.35. The van der Waals surface area contributed by atoms with Crippen molar-refractivity contribution in [2.75, 3.05) is 26.7 Å². The first-order valence-electron chi connectivity index (χ1n) is 6.10. The Balaban J connectivity index is 4.01. The Morgan fingerprint density at radius 1 is 1.38 bits per heavy atom. The normalized spacial score (nSPS) is 16.9. The van der Waals surface area contributed by atoms with E-state index in [1.807, 2.05) is 19.6 Å². The molecule has 0 heterocycles. The molecule has 1 unspecified atom stereocenters. The predicted octanol–water partition coefficient (Wildman–Crippen LogP) is 0.354. The van der Waals surface area contributed by atoms with Crippen molar-refractivity contribution < 1.29 is 13.3 Å². The Hall–Kier alpha value is 0.234. The molecule has 0 aromatic heterocycles. The molecule has 0 aliphatic heterocycles. The molecule has 16 heavy (non-hydrogen) atoms. The fraction of sp³-hybridized carbons (Fsp3) is 1.00. The first kappa shape index (κ1) is 14.3. The highest BCUT2D eigenvalue weighted by molar-refractivity contribution is 6.78. The summed E-state index contributed by atoms with van der Waals surface area (Å²) in [6.45, 7) is 8.14. The average molecular weight is 267 g/mol. The molecule has 0 saturated carbocycles. The number of hydrogen-bond acceptors (Lipinski definition) is 5. The van der Waals surface area contributed by atoms with Gasteiger partial charge in [0.25, 0.3) is 0 Å². The standard InChI is InChI=1S/C9H26N2O3Si2/c1-13-16(4,14-15(2,3)12)9-5-7-11-8-6-10/h11-12H,5-10H2,1-4H3/i12D. The van der Waals surface area contributed by atoms with Crippen molar-refractivity contribution in [3.05, 3.63) is 0 Å². The van der Waals surface area contributed by atoms with Crippen molar-refractivity contribution in [2.24, 2.45) is 5.73 Å². The van der Waals surface area contributed by atoms with Gasteiger partial charge in [-0.15, -0.1) is 0 Å². The maximum absolute atomic E-state index is 7.01. The fourth-order valence-corrected chi connectivity index (χ4v) is 7.40. The van der Waals surface area contributed by atoms with E-state index >= 15 is 0 Å². The minimum Gasteiger partial charge on any atom is -0.415 e. The number of rotatable bonds is 10. The molecule has 98 valence electrons. The summed E-state index contributed by atoms with van der Waals surface area (Å²) in [7, 11) is -2.87. The van der Waals surface area contributed by atoms with E-state index < -0.39 is 17.1 Å². The molecule has 5 nitrogen and oxygen atoms in total. The van der Waals surface area contributed by atoms with E-state index in [1.54, 1.807) is 7.11 Å². The summed E-state index contributed by atoms with van der Waals surface area (Å²) in [5.74, 6) is 0. The number of nitrogens with two attached hydrogens (primary N) is 1. The van der Waals surface area contributed by atoms with Crippen LogP contribution in [0.4, 0.5) is 0 Å². The first-order valence-corrected chi connectivity index (χ1v) is 11.0. The molecular formula is C9H26N2O3Si2. The van der Waals surface area contributed by atoms with E-state index in [0.29, 0.717) is 6.54 Å². The van der Waals surface area contributed by atoms with Crippen molar-refractivity contribution in [3.63, 3.8) is 0 Å². The monoisotopic (exact) mass is 267 g/mol. The van der Waals surface area contributed by atoms with Crippen molar-refractivity contribution in [1.29, 1.82) is 1.43 Å². The van der Waals surface area contributed by atoms with Gasteiger partial charge in [0.15, 0.2) is 1.43 Å². The minimum absolute atomic E-state index is 0.655. The third-order valence-corrected chi connectivity index (χ3v) is 8.02. The van der Waals surface area contributed by atoms with Gasteiger partial charge in [-0.05, 0) is 38.7 Å². The zero-order chi connectivity index (χ0) is 13.4. The number of nitrogens with one attached hydrogen (secondary N) is 1. The lowest BCUT2D eigenvalue weighted by Crippen LogP contribution is -2.48. The highest BCUT2D eigenvalue weighted by Crippen LogP contribution is 2.18. The largest absolute Gasteiger partial charge is 0.415 e. The van der Waals surface area contributed by atoms with Gasteiger partial charge in [0.1, 0.15) is 0 Å². The van der Waals surface area contributed by atoms with Gasteiger partial charge in [-0.3, -0.25) is 0 Å². The quantitative estimate of drug-likeness (QED) is 0.393. The van der Waals surface area contributed by atoms with E-state index in [0.717, 1.165) is 25.6 Å². The smallest absolute Gasteiger partial charge is 0.325 e. The molecule has 1 atom stereocenters. The van der Waals surface area contributed by atoms with Crippen LogP contribution >= 0.6 is 0 Å². The SMILES string of the molecule is [2H]O[Si](C)(C)O[Si](C)(CCCNCCN)OC. The second-order valence-electron chi connectivity index (χ2n) is 4.48. The third kappa shape index (κ3) is 8.39. The molecule has 0 fully saturated rings. The molecule has 0 saturated heterocycles. The van der Waals surface area contributed by atoms with E-state index in [9.17, 15) is 0 Å². The van der Waals surface area contributed by atoms with Gasteiger partial charge in [-0.1, -0.05) is 0 Å². The molecular weight excluding hydrogens is 240 g/mol. The second kappa shape index (κ2) is 7.54. The third-order valence-electron chi connectivity index (χ3n) is 2.20. The summed E-state index contributed by atoms with van der Waals surface area (Å²) in [6, 6.07) is 0.890. The molecule has 0 rings (SSSR count). The summed E-state index contributed by atoms with van der Waals surface area (Å²) >= 11 is 0. The van der Waals surface area contributed by atoms with Gasteiger partial charge in [0, 0.05) is 20.2 Å². The lowest BCUT2D eigenvalue weighted by molar-refractivity contribution is 0.268. The van der Waals surface area contributed by atoms with Crippen LogP contribution in [-0.2, 0) is 8.54 Å². The highest BCUT2D eigenvalue weighted by Gasteiger charge is 2.36. The lowest BCUT2D eigenvalue weighted by Gasteiger charge is -2.31. The lowest BCUT2D eigenvalue weighted by atomic mass is 10.5. The highest BCUT2D eigenvalue weighted by atomic mass is 28.5. The van der Waals surface area contributed by atoms with E-state index in [1.165, 1.54) is 0 Å². The van der Waals surface area contributed by atoms with Crippen LogP contribution in [-0.4, -0.2) is 50.1 Å². The van der Waals surface area contributed by atoms with Crippen molar-refractivity contribution in [2.45, 2.75) is 32.1 Å². The van der Waals surface area contributed by atoms with Crippen LogP contribution in [0.3, 0.4) is 0 Å². The maximum atomic E-state index is 7.01. The topological polar surface area (TPSA) is 76.7 Å². The van der Waals surface area contributed by atoms with Crippen LogP contribution < -0.4 is 11.1 Å². The van der Waals surface area contributed by atoms with Crippen LogP contribution in [0.15, 0.2) is 0 Å². The zero-order valence-corrected chi connectivity index (χ0v) is 12.8. The van der Waals surface area contributed by atoms with Crippen molar-refractivity contribution in [3.8, 4) is 0 Å². The molecule has 0 spiro atoms. The van der Waals surface area contributed by atoms with Crippen molar-refractivity contribution in [1.82, 2.24) is 5.32 Å². The van der Waals surface area contributed by atoms with Crippen LogP contribution in [0, 0.1) is 0 Å². The molecule has 7 heteroatoms. The van der Waals surface area contributed by atoms with E-state index in [4.69, 9.17) is 15.7 Å². The van der Waals surface area contributed by atoms with Crippen LogP contribution in [0.5, 0.6) is 0 Å². The molecule has 0 aliphatic carbocycles. The van der Waals surface area contributed by atoms with Gasteiger partial charge in [0.05, 0.1) is 0 Å². The Labute approximate surface area is 102 Å². The Morgan fingerprint density at radius 2 is 2.06 bits per heavy atom. The Morgan fingerprint density at radius 3 is 2.56 bits per heavy atom. The molecule has 0 amide bonds. The molecule has 0 aromatic rings. The van der Waals surface area contributed by atoms with Crippen LogP contribution in [0.1, 0.15) is 6.42 Å². The molecule has 4 N–H and O–H groups in total. The summed E-state index contributed by atoms with van der Waals surface area (Å²) in [6.07, 6.45) is 0.985. The molecule has 0 radical (unpaired) electrons. The second-order valence-corrected chi connectivity index (χ2v) is 11.3. The van der Waals surface area contributed by atoms with E-state index in [2.05, 4.69) is 10.1 Å². The maximum Gasteiger partial charge on any atom is 0.325 e. The fourth-order valence-electron chi connectivity index (χ4n) is 1.48. The molecule has 0 aliphatic rings. The van der Waals surface area contributed by atoms with E-state index in [-0.39, 0.29) is 0 Å². The Bertz CT molecular complexity index is 213. The van der Waals surface area contributed by atoms with Crippen LogP contribution in [0.25, 0.3) is 0 Å². The summed E-state index contributed by atoms with van der Waals surface area (Å²) in [5.41, 5.74) is 5.39. The summed E-state index contributed by atoms with van der Waals surface area (Å²) < 4.78 is 18.4. The first-order chi connectivity index (χ1) is 7.89. The van der Waals surface area contributed by atoms with Gasteiger partial charge in [-0.2, -0.15) is 0 Å². The molecule has 0 aromatic carbocycles. The van der Waals surface area contributed by atoms with Gasteiger partial charge in [-0.25, -0.2) is 0 Å². The zero-order valence-electron chi connectivity index (χ0n) is 11.8. The summed E-state index contributed by atoms with van der Waals surface area (Å²) in [5, 5.41) is 3.24.